The molecule has 26 heavy (non-hydrogen) atoms. The molecule has 0 N–H and O–H groups in total. The third-order valence-electron chi connectivity index (χ3n) is 5.14. The van der Waals surface area contributed by atoms with Crippen LogP contribution in [0.5, 0.6) is 0 Å². The molecule has 3 aromatic heterocycles. The van der Waals surface area contributed by atoms with Gasteiger partial charge in [0.2, 0.25) is 0 Å². The molecular weight excluding hydrogens is 362 g/mol. The molecule has 0 saturated heterocycles. The molecule has 4 nitrogen and oxygen atoms in total. The Balaban J connectivity index is 1.61. The first-order chi connectivity index (χ1) is 12.4. The molecule has 1 saturated carbocycles. The van der Waals surface area contributed by atoms with E-state index in [0.29, 0.717) is 11.8 Å². The van der Waals surface area contributed by atoms with Gasteiger partial charge in [0.1, 0.15) is 15.7 Å². The first kappa shape index (κ1) is 17.7. The molecule has 1 aliphatic rings. The van der Waals surface area contributed by atoms with E-state index >= 15 is 0 Å². The third-order valence-corrected chi connectivity index (χ3v) is 7.22. The minimum atomic E-state index is 0.184. The molecule has 3 aromatic rings. The number of fused-ring (bicyclic) bond motifs is 1. The number of ketones is 1. The van der Waals surface area contributed by atoms with Gasteiger partial charge in [-0.25, -0.2) is 9.97 Å². The van der Waals surface area contributed by atoms with E-state index in [1.807, 2.05) is 6.92 Å². The van der Waals surface area contributed by atoms with Crippen molar-refractivity contribution < 1.29 is 4.79 Å². The lowest BCUT2D eigenvalue weighted by Crippen LogP contribution is -2.06. The van der Waals surface area contributed by atoms with E-state index in [9.17, 15) is 4.79 Å². The van der Waals surface area contributed by atoms with Crippen molar-refractivity contribution in [3.05, 3.63) is 39.3 Å². The molecule has 3 heterocycles. The molecule has 6 heteroatoms. The van der Waals surface area contributed by atoms with Gasteiger partial charge in [-0.05, 0) is 59.1 Å². The molecule has 0 atom stereocenters. The molecule has 0 unspecified atom stereocenters. The van der Waals surface area contributed by atoms with Gasteiger partial charge in [-0.15, -0.1) is 11.3 Å². The van der Waals surface area contributed by atoms with Gasteiger partial charge in [0.25, 0.3) is 0 Å². The van der Waals surface area contributed by atoms with E-state index in [0.717, 1.165) is 32.3 Å². The van der Waals surface area contributed by atoms with Crippen molar-refractivity contribution in [3.8, 4) is 0 Å². The first-order valence-electron chi connectivity index (χ1n) is 8.95. The molecule has 0 bridgehead atoms. The summed E-state index contributed by atoms with van der Waals surface area (Å²) in [5, 5.41) is 2.04. The zero-order valence-electron chi connectivity index (χ0n) is 15.8. The summed E-state index contributed by atoms with van der Waals surface area (Å²) < 4.78 is 2.33. The maximum absolute atomic E-state index is 12.9. The van der Waals surface area contributed by atoms with Crippen LogP contribution in [-0.2, 0) is 0 Å². The first-order valence-corrected chi connectivity index (χ1v) is 10.8. The van der Waals surface area contributed by atoms with Gasteiger partial charge in [0, 0.05) is 33.3 Å². The fourth-order valence-electron chi connectivity index (χ4n) is 3.58. The molecule has 0 aliphatic heterocycles. The van der Waals surface area contributed by atoms with Crippen LogP contribution in [0, 0.1) is 34.6 Å². The predicted molar refractivity (Wildman–Crippen MR) is 109 cm³/mol. The van der Waals surface area contributed by atoms with E-state index in [-0.39, 0.29) is 5.78 Å². The second-order valence-electron chi connectivity index (χ2n) is 7.14. The highest BCUT2D eigenvalue weighted by molar-refractivity contribution is 8.00. The fraction of sp³-hybridized carbons (Fsp3) is 0.450. The van der Waals surface area contributed by atoms with E-state index in [4.69, 9.17) is 0 Å². The number of Topliss-reactive ketones (excluding diaryl/α,β-unsaturated/α-hetero) is 1. The standard InChI is InChI=1S/C20H23N3OS2/c1-10-8-16(12(3)23(10)15-6-7-15)17(24)9-25-19-18-11(2)13(4)26-20(18)22-14(5)21-19/h8,15H,6-7,9H2,1-5H3. The highest BCUT2D eigenvalue weighted by Gasteiger charge is 2.28. The van der Waals surface area contributed by atoms with Crippen molar-refractivity contribution in [3.63, 3.8) is 0 Å². The fourth-order valence-corrected chi connectivity index (χ4v) is 5.74. The van der Waals surface area contributed by atoms with Crippen molar-refractivity contribution in [2.75, 3.05) is 5.75 Å². The van der Waals surface area contributed by atoms with Crippen LogP contribution in [0.15, 0.2) is 11.1 Å². The Morgan fingerprint density at radius 2 is 1.96 bits per heavy atom. The smallest absolute Gasteiger partial charge is 0.174 e. The molecule has 136 valence electrons. The second kappa shape index (κ2) is 6.50. The van der Waals surface area contributed by atoms with Crippen LogP contribution >= 0.6 is 23.1 Å². The van der Waals surface area contributed by atoms with E-state index in [1.165, 1.54) is 40.7 Å². The number of nitrogens with zero attached hydrogens (tertiary/aromatic N) is 3. The summed E-state index contributed by atoms with van der Waals surface area (Å²) in [5.74, 6) is 1.36. The third kappa shape index (κ3) is 2.99. The Hall–Kier alpha value is -1.66. The zero-order chi connectivity index (χ0) is 18.6. The van der Waals surface area contributed by atoms with Crippen LogP contribution in [0.25, 0.3) is 10.2 Å². The lowest BCUT2D eigenvalue weighted by molar-refractivity contribution is 0.102. The molecular formula is C20H23N3OS2. The van der Waals surface area contributed by atoms with Crippen LogP contribution in [0.3, 0.4) is 0 Å². The maximum atomic E-state index is 12.9. The van der Waals surface area contributed by atoms with Crippen molar-refractivity contribution in [1.82, 2.24) is 14.5 Å². The minimum Gasteiger partial charge on any atom is -0.345 e. The van der Waals surface area contributed by atoms with Gasteiger partial charge in [-0.3, -0.25) is 4.79 Å². The number of carbonyl (C=O) groups is 1. The lowest BCUT2D eigenvalue weighted by Gasteiger charge is -2.08. The summed E-state index contributed by atoms with van der Waals surface area (Å²) in [6.45, 7) is 10.3. The number of thioether (sulfide) groups is 1. The van der Waals surface area contributed by atoms with E-state index < -0.39 is 0 Å². The number of rotatable bonds is 5. The summed E-state index contributed by atoms with van der Waals surface area (Å²) in [5.41, 5.74) is 4.40. The van der Waals surface area contributed by atoms with Gasteiger partial charge in [-0.2, -0.15) is 0 Å². The topological polar surface area (TPSA) is 47.8 Å². The van der Waals surface area contributed by atoms with Crippen molar-refractivity contribution in [1.29, 1.82) is 0 Å². The summed E-state index contributed by atoms with van der Waals surface area (Å²) in [6, 6.07) is 2.65. The van der Waals surface area contributed by atoms with Crippen LogP contribution < -0.4 is 0 Å². The van der Waals surface area contributed by atoms with Crippen molar-refractivity contribution >= 4 is 39.1 Å². The Morgan fingerprint density at radius 3 is 2.65 bits per heavy atom. The van der Waals surface area contributed by atoms with Crippen LogP contribution in [-0.4, -0.2) is 26.1 Å². The summed E-state index contributed by atoms with van der Waals surface area (Å²) in [4.78, 5) is 24.4. The molecule has 0 radical (unpaired) electrons. The van der Waals surface area contributed by atoms with Crippen LogP contribution in [0.4, 0.5) is 0 Å². The Morgan fingerprint density at radius 1 is 1.23 bits per heavy atom. The number of aromatic nitrogens is 3. The van der Waals surface area contributed by atoms with Crippen LogP contribution in [0.2, 0.25) is 0 Å². The van der Waals surface area contributed by atoms with Gasteiger partial charge in [-0.1, -0.05) is 11.8 Å². The Labute approximate surface area is 162 Å². The Bertz CT molecular complexity index is 1030. The van der Waals surface area contributed by atoms with Gasteiger partial charge in [0.05, 0.1) is 5.75 Å². The molecule has 1 aliphatic carbocycles. The Kier molecular flexibility index (Phi) is 4.43. The van der Waals surface area contributed by atoms with E-state index in [1.54, 1.807) is 11.3 Å². The monoisotopic (exact) mass is 385 g/mol. The normalized spacial score (nSPS) is 14.3. The van der Waals surface area contributed by atoms with Gasteiger partial charge in [0.15, 0.2) is 5.78 Å². The SMILES string of the molecule is Cc1nc(SCC(=O)c2cc(C)n(C3CC3)c2C)c2c(C)c(C)sc2n1. The van der Waals surface area contributed by atoms with Crippen LogP contribution in [0.1, 0.15) is 56.9 Å². The second-order valence-corrected chi connectivity index (χ2v) is 9.30. The quantitative estimate of drug-likeness (QED) is 0.338. The molecule has 0 aromatic carbocycles. The number of hydrogen-bond donors (Lipinski definition) is 0. The summed E-state index contributed by atoms with van der Waals surface area (Å²) >= 11 is 3.24. The summed E-state index contributed by atoms with van der Waals surface area (Å²) in [7, 11) is 0. The largest absolute Gasteiger partial charge is 0.345 e. The highest BCUT2D eigenvalue weighted by atomic mass is 32.2. The minimum absolute atomic E-state index is 0.184. The highest BCUT2D eigenvalue weighted by Crippen LogP contribution is 2.39. The maximum Gasteiger partial charge on any atom is 0.174 e. The van der Waals surface area contributed by atoms with Crippen molar-refractivity contribution in [2.45, 2.75) is 58.5 Å². The zero-order valence-corrected chi connectivity index (χ0v) is 17.5. The average molecular weight is 386 g/mol. The van der Waals surface area contributed by atoms with Crippen molar-refractivity contribution in [2.24, 2.45) is 0 Å². The number of aryl methyl sites for hydroxylation is 4. The summed E-state index contributed by atoms with van der Waals surface area (Å²) in [6.07, 6.45) is 2.46. The van der Waals surface area contributed by atoms with E-state index in [2.05, 4.69) is 48.3 Å². The molecule has 0 amide bonds. The molecule has 1 fully saturated rings. The van der Waals surface area contributed by atoms with Gasteiger partial charge < -0.3 is 4.57 Å². The number of thiophene rings is 1. The number of hydrogen-bond acceptors (Lipinski definition) is 5. The average Bonchev–Trinajstić information content (AvgIpc) is 3.31. The molecule has 0 spiro atoms. The van der Waals surface area contributed by atoms with Gasteiger partial charge >= 0.3 is 0 Å². The predicted octanol–water partition coefficient (Wildman–Crippen LogP) is 5.34. The molecule has 4 rings (SSSR count). The lowest BCUT2D eigenvalue weighted by atomic mass is 10.2. The number of carbonyl (C=O) groups excluding carboxylic acids is 1.